The largest absolute Gasteiger partial charge is 0.326 e. The molecule has 1 unspecified atom stereocenters. The number of rotatable bonds is 5. The van der Waals surface area contributed by atoms with Gasteiger partial charge in [-0.1, -0.05) is 18.2 Å². The van der Waals surface area contributed by atoms with Crippen LogP contribution in [0.2, 0.25) is 0 Å². The molecule has 10 heavy (non-hydrogen) atoms. The van der Waals surface area contributed by atoms with Crippen molar-refractivity contribution in [1.29, 1.82) is 0 Å². The third-order valence-electron chi connectivity index (χ3n) is 0.882. The van der Waals surface area contributed by atoms with Crippen LogP contribution < -0.4 is 0 Å². The molecule has 58 valence electrons. The minimum absolute atomic E-state index is 0.384. The Morgan fingerprint density at radius 1 is 1.70 bits per heavy atom. The Hall–Kier alpha value is -0.330. The van der Waals surface area contributed by atoms with Gasteiger partial charge in [-0.2, -0.15) is 0 Å². The minimum Gasteiger partial charge on any atom is -0.326 e. The van der Waals surface area contributed by atoms with E-state index in [2.05, 4.69) is 6.58 Å². The van der Waals surface area contributed by atoms with Gasteiger partial charge in [0.15, 0.2) is 8.03 Å². The predicted octanol–water partition coefficient (Wildman–Crippen LogP) is 2.24. The summed E-state index contributed by atoms with van der Waals surface area (Å²) in [5.74, 6) is 0. The van der Waals surface area contributed by atoms with Gasteiger partial charge >= 0.3 is 0 Å². The lowest BCUT2D eigenvalue weighted by atomic mass is 10.6. The molecule has 0 aromatic rings. The third kappa shape index (κ3) is 5.80. The van der Waals surface area contributed by atoms with Crippen molar-refractivity contribution >= 4 is 8.03 Å². The summed E-state index contributed by atoms with van der Waals surface area (Å²) in [5.41, 5.74) is 0. The highest BCUT2D eigenvalue weighted by atomic mass is 31.1. The first-order chi connectivity index (χ1) is 4.81. The topological polar surface area (TPSA) is 26.3 Å². The summed E-state index contributed by atoms with van der Waals surface area (Å²) in [7, 11) is -1.82. The number of allylic oxidation sites excluding steroid dienone is 2. The zero-order valence-corrected chi connectivity index (χ0v) is 7.17. The lowest BCUT2D eigenvalue weighted by Gasteiger charge is -1.95. The van der Waals surface area contributed by atoms with E-state index in [1.807, 2.05) is 19.1 Å². The zero-order valence-electron chi connectivity index (χ0n) is 6.17. The summed E-state index contributed by atoms with van der Waals surface area (Å²) in [6.45, 7) is 5.72. The van der Waals surface area contributed by atoms with Crippen LogP contribution in [0.1, 0.15) is 6.92 Å². The van der Waals surface area contributed by atoms with E-state index >= 15 is 0 Å². The predicted molar refractivity (Wildman–Crippen MR) is 44.8 cm³/mol. The molecule has 0 aliphatic carbocycles. The van der Waals surface area contributed by atoms with E-state index in [9.17, 15) is 4.57 Å². The summed E-state index contributed by atoms with van der Waals surface area (Å²) >= 11 is 0. The SMILES string of the molecule is C=CCO[PH](=O)C/C=C/C. The molecule has 1 atom stereocenters. The van der Waals surface area contributed by atoms with Crippen molar-refractivity contribution in [3.63, 3.8) is 0 Å². The quantitative estimate of drug-likeness (QED) is 0.455. The van der Waals surface area contributed by atoms with Crippen molar-refractivity contribution in [2.45, 2.75) is 6.92 Å². The molecule has 0 saturated carbocycles. The fraction of sp³-hybridized carbons (Fsp3) is 0.429. The molecule has 0 fully saturated rings. The van der Waals surface area contributed by atoms with Crippen molar-refractivity contribution in [1.82, 2.24) is 0 Å². The molecule has 0 amide bonds. The Morgan fingerprint density at radius 2 is 2.40 bits per heavy atom. The fourth-order valence-corrected chi connectivity index (χ4v) is 1.27. The molecule has 0 radical (unpaired) electrons. The van der Waals surface area contributed by atoms with Crippen LogP contribution in [0.25, 0.3) is 0 Å². The molecule has 0 aliphatic rings. The van der Waals surface area contributed by atoms with Crippen molar-refractivity contribution in [3.8, 4) is 0 Å². The van der Waals surface area contributed by atoms with Gasteiger partial charge in [0.05, 0.1) is 6.61 Å². The van der Waals surface area contributed by atoms with E-state index in [1.54, 1.807) is 6.08 Å². The van der Waals surface area contributed by atoms with Gasteiger partial charge in [-0.25, -0.2) is 0 Å². The van der Waals surface area contributed by atoms with Gasteiger partial charge in [-0.15, -0.1) is 6.58 Å². The highest BCUT2D eigenvalue weighted by molar-refractivity contribution is 7.39. The van der Waals surface area contributed by atoms with E-state index in [0.717, 1.165) is 0 Å². The summed E-state index contributed by atoms with van der Waals surface area (Å²) in [4.78, 5) is 0. The molecule has 0 rings (SSSR count). The second-order valence-electron chi connectivity index (χ2n) is 1.74. The van der Waals surface area contributed by atoms with Crippen LogP contribution in [0.15, 0.2) is 24.8 Å². The Morgan fingerprint density at radius 3 is 2.90 bits per heavy atom. The molecule has 3 heteroatoms. The normalized spacial score (nSPS) is 13.7. The Labute approximate surface area is 62.5 Å². The highest BCUT2D eigenvalue weighted by Gasteiger charge is 1.91. The maximum absolute atomic E-state index is 10.8. The van der Waals surface area contributed by atoms with Gasteiger partial charge < -0.3 is 4.52 Å². The number of hydrogen-bond acceptors (Lipinski definition) is 2. The van der Waals surface area contributed by atoms with Crippen LogP contribution in [-0.2, 0) is 9.09 Å². The Kier molecular flexibility index (Phi) is 6.56. The van der Waals surface area contributed by atoms with Gasteiger partial charge in [-0.3, -0.25) is 4.57 Å². The van der Waals surface area contributed by atoms with Crippen molar-refractivity contribution in [2.24, 2.45) is 0 Å². The summed E-state index contributed by atoms with van der Waals surface area (Å²) in [6.07, 6.45) is 5.83. The van der Waals surface area contributed by atoms with Crippen LogP contribution in [0, 0.1) is 0 Å². The fourth-order valence-electron chi connectivity index (χ4n) is 0.425. The van der Waals surface area contributed by atoms with Crippen LogP contribution in [0.3, 0.4) is 0 Å². The van der Waals surface area contributed by atoms with E-state index in [4.69, 9.17) is 4.52 Å². The molecule has 0 aliphatic heterocycles. The molecular formula is C7H13O2P. The second-order valence-corrected chi connectivity index (χ2v) is 3.19. The van der Waals surface area contributed by atoms with E-state index in [-0.39, 0.29) is 0 Å². The zero-order chi connectivity index (χ0) is 7.82. The molecular weight excluding hydrogens is 147 g/mol. The van der Waals surface area contributed by atoms with Crippen LogP contribution in [0.5, 0.6) is 0 Å². The summed E-state index contributed by atoms with van der Waals surface area (Å²) in [6, 6.07) is 0. The maximum atomic E-state index is 10.8. The molecule has 0 N–H and O–H groups in total. The van der Waals surface area contributed by atoms with Gasteiger partial charge in [0, 0.05) is 6.16 Å². The van der Waals surface area contributed by atoms with Crippen molar-refractivity contribution < 1.29 is 9.09 Å². The van der Waals surface area contributed by atoms with Crippen molar-refractivity contribution in [2.75, 3.05) is 12.8 Å². The minimum atomic E-state index is -1.82. The van der Waals surface area contributed by atoms with Gasteiger partial charge in [0.2, 0.25) is 0 Å². The number of hydrogen-bond donors (Lipinski definition) is 0. The standard InChI is InChI=1S/C7H13O2P/c1-3-5-7-10(8)9-6-4-2/h3-5,10H,2,6-7H2,1H3/b5-3+. The maximum Gasteiger partial charge on any atom is 0.195 e. The lowest BCUT2D eigenvalue weighted by Crippen LogP contribution is -1.80. The average Bonchev–Trinajstić information content (AvgIpc) is 1.97. The average molecular weight is 160 g/mol. The second kappa shape index (κ2) is 6.79. The van der Waals surface area contributed by atoms with Gasteiger partial charge in [0.25, 0.3) is 0 Å². The van der Waals surface area contributed by atoms with E-state index < -0.39 is 8.03 Å². The van der Waals surface area contributed by atoms with Crippen LogP contribution in [0.4, 0.5) is 0 Å². The first-order valence-electron chi connectivity index (χ1n) is 3.19. The summed E-state index contributed by atoms with van der Waals surface area (Å²) < 4.78 is 15.7. The smallest absolute Gasteiger partial charge is 0.195 e. The molecule has 2 nitrogen and oxygen atoms in total. The lowest BCUT2D eigenvalue weighted by molar-refractivity contribution is 0.373. The summed E-state index contributed by atoms with van der Waals surface area (Å²) in [5, 5.41) is 0. The monoisotopic (exact) mass is 160 g/mol. The molecule has 0 heterocycles. The van der Waals surface area contributed by atoms with E-state index in [1.165, 1.54) is 0 Å². The van der Waals surface area contributed by atoms with Gasteiger partial charge in [0.1, 0.15) is 0 Å². The first-order valence-corrected chi connectivity index (χ1v) is 4.71. The van der Waals surface area contributed by atoms with Crippen LogP contribution >= 0.6 is 8.03 Å². The third-order valence-corrected chi connectivity index (χ3v) is 1.94. The van der Waals surface area contributed by atoms with Crippen LogP contribution in [-0.4, -0.2) is 12.8 Å². The Bertz CT molecular complexity index is 141. The van der Waals surface area contributed by atoms with E-state index in [0.29, 0.717) is 12.8 Å². The molecule has 0 saturated heterocycles. The molecule has 0 aromatic carbocycles. The Balaban J connectivity index is 3.34. The van der Waals surface area contributed by atoms with Crippen molar-refractivity contribution in [3.05, 3.63) is 24.8 Å². The molecule has 0 spiro atoms. The molecule has 0 bridgehead atoms. The van der Waals surface area contributed by atoms with Gasteiger partial charge in [-0.05, 0) is 6.92 Å². The highest BCUT2D eigenvalue weighted by Crippen LogP contribution is 2.21. The first kappa shape index (κ1) is 9.67. The molecule has 0 aromatic heterocycles.